The first kappa shape index (κ1) is 23.8. The minimum absolute atomic E-state index is 0.152. The lowest BCUT2D eigenvalue weighted by Crippen LogP contribution is -2.50. The van der Waals surface area contributed by atoms with Crippen LogP contribution in [0.1, 0.15) is 45.1 Å². The number of alkyl halides is 3. The van der Waals surface area contributed by atoms with E-state index in [4.69, 9.17) is 9.47 Å². The Morgan fingerprint density at radius 1 is 1.19 bits per heavy atom. The Kier molecular flexibility index (Phi) is 6.34. The summed E-state index contributed by atoms with van der Waals surface area (Å²) in [5, 5.41) is 3.22. The summed E-state index contributed by atoms with van der Waals surface area (Å²) in [4.78, 5) is 13.2. The van der Waals surface area contributed by atoms with Gasteiger partial charge in [0.05, 0.1) is 18.1 Å². The third-order valence-corrected chi connectivity index (χ3v) is 6.38. The zero-order valence-corrected chi connectivity index (χ0v) is 18.3. The predicted molar refractivity (Wildman–Crippen MR) is 105 cm³/mol. The van der Waals surface area contributed by atoms with Gasteiger partial charge in [0.1, 0.15) is 11.4 Å². The largest absolute Gasteiger partial charge is 0.534 e. The van der Waals surface area contributed by atoms with Gasteiger partial charge in [-0.2, -0.15) is 21.6 Å². The molecule has 2 aliphatic heterocycles. The molecule has 2 saturated heterocycles. The Morgan fingerprint density at radius 2 is 1.84 bits per heavy atom. The zero-order valence-electron chi connectivity index (χ0n) is 17.5. The zero-order chi connectivity index (χ0) is 23.1. The molecular formula is C20H26F3NO6S. The minimum atomic E-state index is -5.80. The van der Waals surface area contributed by atoms with E-state index in [0.717, 1.165) is 6.07 Å². The molecule has 0 aliphatic carbocycles. The number of benzene rings is 1. The summed E-state index contributed by atoms with van der Waals surface area (Å²) in [6, 6.07) is 5.31. The van der Waals surface area contributed by atoms with Gasteiger partial charge in [0.25, 0.3) is 0 Å². The fourth-order valence-electron chi connectivity index (χ4n) is 4.12. The molecule has 31 heavy (non-hydrogen) atoms. The number of esters is 1. The van der Waals surface area contributed by atoms with E-state index in [1.165, 1.54) is 12.1 Å². The Balaban J connectivity index is 1.94. The standard InChI is InChI=1S/C20H26F3NO6S/c1-18(2,3)29-17(25)16-15(12-28-19(16)7-9-24-10-8-19)13-5-4-6-14(11-13)30-31(26,27)20(21,22)23/h4-6,11,15-16,24H,7-10,12H2,1-3H3/t15-,16?/m1/s1. The van der Waals surface area contributed by atoms with Crippen molar-refractivity contribution in [3.05, 3.63) is 29.8 Å². The Labute approximate surface area is 179 Å². The summed E-state index contributed by atoms with van der Waals surface area (Å²) in [5.41, 5.74) is -6.59. The topological polar surface area (TPSA) is 90.9 Å². The molecule has 2 fully saturated rings. The Morgan fingerprint density at radius 3 is 2.42 bits per heavy atom. The van der Waals surface area contributed by atoms with Crippen LogP contribution in [0, 0.1) is 5.92 Å². The normalized spacial score (nSPS) is 24.2. The summed E-state index contributed by atoms with van der Waals surface area (Å²) in [6.45, 7) is 6.71. The van der Waals surface area contributed by atoms with Crippen molar-refractivity contribution in [3.8, 4) is 5.75 Å². The number of carbonyl (C=O) groups excluding carboxylic acids is 1. The van der Waals surface area contributed by atoms with Crippen LogP contribution in [-0.4, -0.2) is 50.8 Å². The highest BCUT2D eigenvalue weighted by Gasteiger charge is 2.55. The second kappa shape index (κ2) is 8.25. The van der Waals surface area contributed by atoms with Crippen LogP contribution >= 0.6 is 0 Å². The lowest BCUT2D eigenvalue weighted by Gasteiger charge is -2.39. The molecule has 1 spiro atoms. The van der Waals surface area contributed by atoms with Crippen LogP contribution in [0.25, 0.3) is 0 Å². The molecule has 0 bridgehead atoms. The maximum absolute atomic E-state index is 13.2. The van der Waals surface area contributed by atoms with E-state index >= 15 is 0 Å². The number of nitrogens with one attached hydrogen (secondary N) is 1. The first-order valence-electron chi connectivity index (χ1n) is 9.92. The molecule has 174 valence electrons. The van der Waals surface area contributed by atoms with Gasteiger partial charge in [-0.1, -0.05) is 12.1 Å². The average molecular weight is 465 g/mol. The van der Waals surface area contributed by atoms with Gasteiger partial charge in [-0.25, -0.2) is 0 Å². The van der Waals surface area contributed by atoms with Crippen LogP contribution in [0.3, 0.4) is 0 Å². The molecule has 1 aromatic rings. The van der Waals surface area contributed by atoms with Crippen LogP contribution < -0.4 is 9.50 Å². The number of hydrogen-bond acceptors (Lipinski definition) is 7. The van der Waals surface area contributed by atoms with Gasteiger partial charge >= 0.3 is 21.6 Å². The Hall–Kier alpha value is -1.85. The molecule has 3 rings (SSSR count). The van der Waals surface area contributed by atoms with Crippen LogP contribution in [0.5, 0.6) is 5.75 Å². The third-order valence-electron chi connectivity index (χ3n) is 5.41. The van der Waals surface area contributed by atoms with Crippen molar-refractivity contribution < 1.29 is 40.0 Å². The van der Waals surface area contributed by atoms with E-state index in [2.05, 4.69) is 9.50 Å². The molecule has 2 heterocycles. The van der Waals surface area contributed by atoms with Crippen molar-refractivity contribution in [1.82, 2.24) is 5.32 Å². The van der Waals surface area contributed by atoms with Crippen molar-refractivity contribution in [2.24, 2.45) is 5.92 Å². The molecule has 0 amide bonds. The van der Waals surface area contributed by atoms with Gasteiger partial charge in [-0.05, 0) is 64.4 Å². The molecule has 7 nitrogen and oxygen atoms in total. The lowest BCUT2D eigenvalue weighted by molar-refractivity contribution is -0.168. The van der Waals surface area contributed by atoms with Crippen molar-refractivity contribution in [2.75, 3.05) is 19.7 Å². The van der Waals surface area contributed by atoms with Gasteiger partial charge < -0.3 is 19.0 Å². The van der Waals surface area contributed by atoms with Crippen LogP contribution in [-0.2, 0) is 24.4 Å². The quantitative estimate of drug-likeness (QED) is 0.415. The highest BCUT2D eigenvalue weighted by atomic mass is 32.2. The van der Waals surface area contributed by atoms with Gasteiger partial charge in [0, 0.05) is 5.92 Å². The van der Waals surface area contributed by atoms with E-state index in [1.807, 2.05) is 0 Å². The van der Waals surface area contributed by atoms with Crippen LogP contribution in [0.2, 0.25) is 0 Å². The molecular weight excluding hydrogens is 439 g/mol. The first-order chi connectivity index (χ1) is 14.2. The summed E-state index contributed by atoms with van der Waals surface area (Å²) in [5.74, 6) is -2.15. The summed E-state index contributed by atoms with van der Waals surface area (Å²) in [7, 11) is -5.80. The van der Waals surface area contributed by atoms with Crippen molar-refractivity contribution in [3.63, 3.8) is 0 Å². The number of piperidine rings is 1. The number of carbonyl (C=O) groups is 1. The van der Waals surface area contributed by atoms with E-state index in [1.54, 1.807) is 26.8 Å². The smallest absolute Gasteiger partial charge is 0.460 e. The van der Waals surface area contributed by atoms with Crippen molar-refractivity contribution in [1.29, 1.82) is 0 Å². The Bertz CT molecular complexity index is 920. The maximum atomic E-state index is 13.2. The third kappa shape index (κ3) is 5.15. The van der Waals surface area contributed by atoms with E-state index in [0.29, 0.717) is 31.5 Å². The van der Waals surface area contributed by atoms with Gasteiger partial charge in [-0.15, -0.1) is 0 Å². The highest BCUT2D eigenvalue weighted by Crippen LogP contribution is 2.48. The van der Waals surface area contributed by atoms with Gasteiger partial charge in [-0.3, -0.25) is 4.79 Å². The van der Waals surface area contributed by atoms with E-state index < -0.39 is 50.4 Å². The maximum Gasteiger partial charge on any atom is 0.534 e. The van der Waals surface area contributed by atoms with E-state index in [-0.39, 0.29) is 6.61 Å². The molecule has 11 heteroatoms. The second-order valence-electron chi connectivity index (χ2n) is 8.80. The monoisotopic (exact) mass is 465 g/mol. The molecule has 0 radical (unpaired) electrons. The highest BCUT2D eigenvalue weighted by molar-refractivity contribution is 7.88. The molecule has 1 unspecified atom stereocenters. The van der Waals surface area contributed by atoms with Gasteiger partial charge in [0.2, 0.25) is 0 Å². The lowest BCUT2D eigenvalue weighted by atomic mass is 9.73. The molecule has 2 atom stereocenters. The second-order valence-corrected chi connectivity index (χ2v) is 10.3. The molecule has 0 aromatic heterocycles. The fourth-order valence-corrected chi connectivity index (χ4v) is 4.57. The van der Waals surface area contributed by atoms with Crippen LogP contribution in [0.15, 0.2) is 24.3 Å². The number of hydrogen-bond donors (Lipinski definition) is 1. The molecule has 1 aromatic carbocycles. The van der Waals surface area contributed by atoms with E-state index in [9.17, 15) is 26.4 Å². The average Bonchev–Trinajstić information content (AvgIpc) is 2.98. The predicted octanol–water partition coefficient (Wildman–Crippen LogP) is 3.11. The fraction of sp³-hybridized carbons (Fsp3) is 0.650. The van der Waals surface area contributed by atoms with Gasteiger partial charge in [0.15, 0.2) is 0 Å². The van der Waals surface area contributed by atoms with Crippen LogP contribution in [0.4, 0.5) is 13.2 Å². The van der Waals surface area contributed by atoms with Crippen molar-refractivity contribution in [2.45, 2.75) is 56.2 Å². The first-order valence-corrected chi connectivity index (χ1v) is 11.3. The van der Waals surface area contributed by atoms with Crippen molar-refractivity contribution >= 4 is 16.1 Å². The molecule has 2 aliphatic rings. The number of halogens is 3. The summed E-state index contributed by atoms with van der Waals surface area (Å²) in [6.07, 6.45) is 1.15. The number of ether oxygens (including phenoxy) is 2. The SMILES string of the molecule is CC(C)(C)OC(=O)C1[C@@H](c2cccc(OS(=O)(=O)C(F)(F)F)c2)COC12CCNCC2. The minimum Gasteiger partial charge on any atom is -0.460 e. The molecule has 0 saturated carbocycles. The number of rotatable bonds is 4. The summed E-state index contributed by atoms with van der Waals surface area (Å²) < 4.78 is 76.8. The summed E-state index contributed by atoms with van der Waals surface area (Å²) >= 11 is 0. The molecule has 1 N–H and O–H groups in total.